The number of hydrogen-bond acceptors (Lipinski definition) is 8. The molecular weight excluding hydrogens is 372 g/mol. The third kappa shape index (κ3) is 3.71. The van der Waals surface area contributed by atoms with E-state index in [4.69, 9.17) is 21.1 Å². The van der Waals surface area contributed by atoms with Crippen LogP contribution >= 0.6 is 11.6 Å². The molecule has 1 unspecified atom stereocenters. The summed E-state index contributed by atoms with van der Waals surface area (Å²) in [5.74, 6) is 0.754. The maximum atomic E-state index is 10.8. The maximum absolute atomic E-state index is 10.8. The number of halogens is 1. The average Bonchev–Trinajstić information content (AvgIpc) is 2.95. The molecule has 0 amide bonds. The van der Waals surface area contributed by atoms with Gasteiger partial charge in [0.15, 0.2) is 17.0 Å². The Morgan fingerprint density at radius 2 is 2.04 bits per heavy atom. The van der Waals surface area contributed by atoms with Gasteiger partial charge in [0.2, 0.25) is 5.28 Å². The Kier molecular flexibility index (Phi) is 5.16. The number of aryl methyl sites for hydroxylation is 1. The van der Waals surface area contributed by atoms with Gasteiger partial charge in [0.25, 0.3) is 6.01 Å². The van der Waals surface area contributed by atoms with Crippen LogP contribution < -0.4 is 9.64 Å². The lowest BCUT2D eigenvalue weighted by Gasteiger charge is -2.39. The first-order chi connectivity index (χ1) is 13.0. The topological polar surface area (TPSA) is 85.6 Å². The van der Waals surface area contributed by atoms with Gasteiger partial charge in [-0.15, -0.1) is 0 Å². The third-order valence-corrected chi connectivity index (χ3v) is 5.09. The van der Waals surface area contributed by atoms with Crippen molar-refractivity contribution < 1.29 is 14.3 Å². The van der Waals surface area contributed by atoms with E-state index in [1.54, 1.807) is 0 Å². The number of aldehydes is 1. The number of morpholine rings is 1. The quantitative estimate of drug-likeness (QED) is 0.524. The van der Waals surface area contributed by atoms with Gasteiger partial charge in [-0.05, 0) is 11.6 Å². The highest BCUT2D eigenvalue weighted by molar-refractivity contribution is 6.28. The van der Waals surface area contributed by atoms with E-state index in [1.165, 1.54) is 0 Å². The van der Waals surface area contributed by atoms with Crippen molar-refractivity contribution in [1.82, 2.24) is 24.4 Å². The minimum atomic E-state index is 0.0372. The van der Waals surface area contributed by atoms with Crippen LogP contribution in [-0.4, -0.2) is 82.7 Å². The fraction of sp³-hybridized carbons (Fsp3) is 0.647. The van der Waals surface area contributed by atoms with E-state index in [9.17, 15) is 4.79 Å². The zero-order valence-corrected chi connectivity index (χ0v) is 16.2. The Balaban J connectivity index is 1.53. The molecule has 0 aromatic carbocycles. The first-order valence-electron chi connectivity index (χ1n) is 9.12. The summed E-state index contributed by atoms with van der Waals surface area (Å²) in [6.07, 6.45) is 1.03. The van der Waals surface area contributed by atoms with Crippen LogP contribution in [0.1, 0.15) is 6.92 Å². The molecule has 2 aromatic heterocycles. The van der Waals surface area contributed by atoms with Crippen LogP contribution in [0.25, 0.3) is 11.2 Å². The van der Waals surface area contributed by atoms with Crippen molar-refractivity contribution in [2.45, 2.75) is 13.0 Å². The maximum Gasteiger partial charge on any atom is 0.298 e. The van der Waals surface area contributed by atoms with Crippen molar-refractivity contribution in [1.29, 1.82) is 0 Å². The highest BCUT2D eigenvalue weighted by Gasteiger charge is 2.31. The number of anilines is 1. The zero-order chi connectivity index (χ0) is 19.0. The molecule has 10 heteroatoms. The Hall–Kier alpha value is -1.97. The highest BCUT2D eigenvalue weighted by Crippen LogP contribution is 2.29. The number of ether oxygens (including phenoxy) is 2. The van der Waals surface area contributed by atoms with Crippen molar-refractivity contribution in [2.24, 2.45) is 13.0 Å². The molecule has 27 heavy (non-hydrogen) atoms. The van der Waals surface area contributed by atoms with E-state index >= 15 is 0 Å². The Labute approximate surface area is 162 Å². The summed E-state index contributed by atoms with van der Waals surface area (Å²) in [6, 6.07) is 0.504. The SMILES string of the molecule is CC(C=O)CN1CC(Oc2nc3c(N4CCOCC4)nc(Cl)nc3n2C)C1. The van der Waals surface area contributed by atoms with Crippen molar-refractivity contribution in [3.8, 4) is 6.01 Å². The molecule has 2 aliphatic heterocycles. The molecule has 146 valence electrons. The molecule has 0 aliphatic carbocycles. The number of nitrogens with zero attached hydrogens (tertiary/aromatic N) is 6. The van der Waals surface area contributed by atoms with Crippen molar-refractivity contribution in [3.63, 3.8) is 0 Å². The summed E-state index contributed by atoms with van der Waals surface area (Å²) in [7, 11) is 1.86. The number of carbonyl (C=O) groups excluding carboxylic acids is 1. The number of likely N-dealkylation sites (tertiary alicyclic amines) is 1. The van der Waals surface area contributed by atoms with Gasteiger partial charge in [-0.25, -0.2) is 0 Å². The summed E-state index contributed by atoms with van der Waals surface area (Å²) >= 11 is 6.15. The van der Waals surface area contributed by atoms with E-state index < -0.39 is 0 Å². The molecule has 0 radical (unpaired) electrons. The molecule has 2 fully saturated rings. The smallest absolute Gasteiger partial charge is 0.298 e. The fourth-order valence-corrected chi connectivity index (χ4v) is 3.61. The molecule has 2 aliphatic rings. The summed E-state index contributed by atoms with van der Waals surface area (Å²) in [5, 5.41) is 0.191. The van der Waals surface area contributed by atoms with Crippen LogP contribution in [0, 0.1) is 5.92 Å². The largest absolute Gasteiger partial charge is 0.459 e. The van der Waals surface area contributed by atoms with Crippen LogP contribution in [-0.2, 0) is 16.6 Å². The molecular formula is C17H23ClN6O3. The van der Waals surface area contributed by atoms with Gasteiger partial charge in [0.1, 0.15) is 12.4 Å². The molecule has 2 saturated heterocycles. The minimum Gasteiger partial charge on any atom is -0.459 e. The molecule has 0 bridgehead atoms. The van der Waals surface area contributed by atoms with Gasteiger partial charge < -0.3 is 19.2 Å². The monoisotopic (exact) mass is 394 g/mol. The van der Waals surface area contributed by atoms with E-state index in [0.717, 1.165) is 39.0 Å². The number of hydrogen-bond donors (Lipinski definition) is 0. The number of fused-ring (bicyclic) bond motifs is 1. The van der Waals surface area contributed by atoms with Gasteiger partial charge >= 0.3 is 0 Å². The Morgan fingerprint density at radius 3 is 2.74 bits per heavy atom. The highest BCUT2D eigenvalue weighted by atomic mass is 35.5. The zero-order valence-electron chi connectivity index (χ0n) is 15.5. The summed E-state index contributed by atoms with van der Waals surface area (Å²) in [5.41, 5.74) is 1.34. The second-order valence-corrected chi connectivity index (χ2v) is 7.45. The lowest BCUT2D eigenvalue weighted by atomic mass is 10.1. The van der Waals surface area contributed by atoms with Crippen LogP contribution in [0.5, 0.6) is 6.01 Å². The summed E-state index contributed by atoms with van der Waals surface area (Å²) in [4.78, 5) is 28.5. The van der Waals surface area contributed by atoms with Crippen LogP contribution in [0.4, 0.5) is 5.82 Å². The number of imidazole rings is 1. The Morgan fingerprint density at radius 1 is 1.30 bits per heavy atom. The van der Waals surface area contributed by atoms with E-state index in [0.29, 0.717) is 36.2 Å². The Bertz CT molecular complexity index is 832. The molecule has 0 spiro atoms. The first-order valence-corrected chi connectivity index (χ1v) is 9.50. The van der Waals surface area contributed by atoms with Crippen LogP contribution in [0.3, 0.4) is 0 Å². The molecule has 0 saturated carbocycles. The van der Waals surface area contributed by atoms with Gasteiger partial charge in [0.05, 0.1) is 13.2 Å². The predicted molar refractivity (Wildman–Crippen MR) is 100 cm³/mol. The van der Waals surface area contributed by atoms with Crippen molar-refractivity contribution in [3.05, 3.63) is 5.28 Å². The second-order valence-electron chi connectivity index (χ2n) is 7.11. The molecule has 9 nitrogen and oxygen atoms in total. The summed E-state index contributed by atoms with van der Waals surface area (Å²) < 4.78 is 13.3. The van der Waals surface area contributed by atoms with E-state index in [2.05, 4.69) is 24.8 Å². The molecule has 2 aromatic rings. The lowest BCUT2D eigenvalue weighted by molar-refractivity contribution is -0.112. The summed E-state index contributed by atoms with van der Waals surface area (Å²) in [6.45, 7) is 7.01. The standard InChI is InChI=1S/C17H23ClN6O3/c1-11(10-25)7-23-8-12(9-23)27-17-19-13-14(22(17)2)20-16(18)21-15(13)24-3-5-26-6-4-24/h10-12H,3-9H2,1-2H3. The molecule has 4 heterocycles. The third-order valence-electron chi connectivity index (χ3n) is 4.92. The normalized spacial score (nSPS) is 19.9. The van der Waals surface area contributed by atoms with Crippen LogP contribution in [0.15, 0.2) is 0 Å². The first kappa shape index (κ1) is 18.4. The number of rotatable bonds is 6. The number of aromatic nitrogens is 4. The van der Waals surface area contributed by atoms with E-state index in [-0.39, 0.29) is 17.3 Å². The second kappa shape index (κ2) is 7.57. The average molecular weight is 395 g/mol. The molecule has 0 N–H and O–H groups in total. The number of carbonyl (C=O) groups is 1. The molecule has 4 rings (SSSR count). The lowest BCUT2D eigenvalue weighted by Crippen LogP contribution is -2.55. The van der Waals surface area contributed by atoms with Gasteiger partial charge in [-0.1, -0.05) is 6.92 Å². The van der Waals surface area contributed by atoms with Gasteiger partial charge in [-0.3, -0.25) is 9.47 Å². The van der Waals surface area contributed by atoms with Gasteiger partial charge in [-0.2, -0.15) is 15.0 Å². The fourth-order valence-electron chi connectivity index (χ4n) is 3.45. The van der Waals surface area contributed by atoms with Gasteiger partial charge in [0, 0.05) is 45.7 Å². The van der Waals surface area contributed by atoms with E-state index in [1.807, 2.05) is 18.5 Å². The van der Waals surface area contributed by atoms with Crippen LogP contribution in [0.2, 0.25) is 5.28 Å². The van der Waals surface area contributed by atoms with Crippen molar-refractivity contribution >= 4 is 34.9 Å². The minimum absolute atomic E-state index is 0.0372. The van der Waals surface area contributed by atoms with Crippen molar-refractivity contribution in [2.75, 3.05) is 50.8 Å². The predicted octanol–water partition coefficient (Wildman–Crippen LogP) is 0.751. The molecule has 1 atom stereocenters.